The molecule has 0 spiro atoms. The normalized spacial score (nSPS) is 11.9. The number of rotatable bonds is 7. The number of nitrogens with one attached hydrogen (secondary N) is 2. The number of aromatic amines is 1. The summed E-state index contributed by atoms with van der Waals surface area (Å²) in [6.07, 6.45) is 0.811. The molecule has 1 amide bonds. The first-order chi connectivity index (χ1) is 12.6. The van der Waals surface area contributed by atoms with Crippen LogP contribution in [0.4, 0.5) is 0 Å². The minimum atomic E-state index is -0.278. The first-order valence-electron chi connectivity index (χ1n) is 8.28. The second-order valence-corrected chi connectivity index (χ2v) is 7.50. The molecule has 0 saturated carbocycles. The van der Waals surface area contributed by atoms with Gasteiger partial charge in [-0.1, -0.05) is 53.7 Å². The van der Waals surface area contributed by atoms with E-state index in [1.54, 1.807) is 12.1 Å². The number of hydrogen-bond donors (Lipinski definition) is 2. The van der Waals surface area contributed by atoms with Crippen molar-refractivity contribution in [1.82, 2.24) is 20.5 Å². The van der Waals surface area contributed by atoms with Crippen LogP contribution in [0.25, 0.3) is 11.4 Å². The third kappa shape index (κ3) is 5.09. The Morgan fingerprint density at radius 3 is 2.65 bits per heavy atom. The number of benzene rings is 2. The number of H-pyrrole nitrogens is 1. The third-order valence-corrected chi connectivity index (χ3v) is 5.00. The van der Waals surface area contributed by atoms with Crippen molar-refractivity contribution in [3.05, 3.63) is 65.2 Å². The Kier molecular flexibility index (Phi) is 6.30. The molecular weight excluding hydrogens is 368 g/mol. The molecule has 1 unspecified atom stereocenters. The minimum absolute atomic E-state index is 0.0243. The van der Waals surface area contributed by atoms with Crippen LogP contribution in [0.15, 0.2) is 59.8 Å². The van der Waals surface area contributed by atoms with Gasteiger partial charge in [-0.3, -0.25) is 9.89 Å². The van der Waals surface area contributed by atoms with Crippen LogP contribution in [0.3, 0.4) is 0 Å². The fourth-order valence-electron chi connectivity index (χ4n) is 2.37. The van der Waals surface area contributed by atoms with Gasteiger partial charge in [0.05, 0.1) is 5.25 Å². The predicted octanol–water partition coefficient (Wildman–Crippen LogP) is 3.96. The summed E-state index contributed by atoms with van der Waals surface area (Å²) >= 11 is 7.22. The Labute approximate surface area is 161 Å². The van der Waals surface area contributed by atoms with Gasteiger partial charge in [-0.05, 0) is 43.2 Å². The van der Waals surface area contributed by atoms with Gasteiger partial charge in [0.25, 0.3) is 0 Å². The van der Waals surface area contributed by atoms with Crippen molar-refractivity contribution < 1.29 is 4.79 Å². The lowest BCUT2D eigenvalue weighted by atomic mass is 10.1. The molecule has 134 valence electrons. The van der Waals surface area contributed by atoms with Crippen LogP contribution in [-0.4, -0.2) is 32.9 Å². The second-order valence-electron chi connectivity index (χ2n) is 5.76. The predicted molar refractivity (Wildman–Crippen MR) is 105 cm³/mol. The van der Waals surface area contributed by atoms with Gasteiger partial charge in [0, 0.05) is 17.1 Å². The van der Waals surface area contributed by atoms with Crippen molar-refractivity contribution in [3.63, 3.8) is 0 Å². The summed E-state index contributed by atoms with van der Waals surface area (Å²) in [5, 5.41) is 11.0. The van der Waals surface area contributed by atoms with Gasteiger partial charge in [-0.2, -0.15) is 0 Å². The maximum atomic E-state index is 12.2. The zero-order valence-corrected chi connectivity index (χ0v) is 15.8. The fraction of sp³-hybridized carbons (Fsp3) is 0.211. The smallest absolute Gasteiger partial charge is 0.233 e. The average molecular weight is 387 g/mol. The van der Waals surface area contributed by atoms with E-state index in [1.807, 2.05) is 37.3 Å². The molecule has 0 aliphatic heterocycles. The minimum Gasteiger partial charge on any atom is -0.355 e. The van der Waals surface area contributed by atoms with E-state index in [2.05, 4.69) is 32.6 Å². The summed E-state index contributed by atoms with van der Waals surface area (Å²) < 4.78 is 0. The van der Waals surface area contributed by atoms with E-state index in [1.165, 1.54) is 17.3 Å². The highest BCUT2D eigenvalue weighted by atomic mass is 35.5. The zero-order valence-electron chi connectivity index (χ0n) is 14.3. The van der Waals surface area contributed by atoms with Crippen LogP contribution >= 0.6 is 23.4 Å². The second kappa shape index (κ2) is 8.87. The summed E-state index contributed by atoms with van der Waals surface area (Å²) in [6.45, 7) is 2.46. The molecule has 1 aromatic heterocycles. The topological polar surface area (TPSA) is 70.7 Å². The van der Waals surface area contributed by atoms with Gasteiger partial charge in [0.1, 0.15) is 0 Å². The number of halogens is 1. The molecule has 26 heavy (non-hydrogen) atoms. The lowest BCUT2D eigenvalue weighted by Gasteiger charge is -2.10. The van der Waals surface area contributed by atoms with Crippen molar-refractivity contribution in [2.24, 2.45) is 0 Å². The Balaban J connectivity index is 1.50. The van der Waals surface area contributed by atoms with Gasteiger partial charge in [-0.25, -0.2) is 4.98 Å². The molecule has 2 N–H and O–H groups in total. The van der Waals surface area contributed by atoms with E-state index in [4.69, 9.17) is 11.6 Å². The number of nitrogens with zero attached hydrogens (tertiary/aromatic N) is 2. The number of thioether (sulfide) groups is 1. The van der Waals surface area contributed by atoms with Crippen molar-refractivity contribution in [1.29, 1.82) is 0 Å². The molecule has 0 aliphatic carbocycles. The molecule has 0 bridgehead atoms. The summed E-state index contributed by atoms with van der Waals surface area (Å²) in [5.41, 5.74) is 2.10. The number of hydrogen-bond acceptors (Lipinski definition) is 4. The van der Waals surface area contributed by atoms with Crippen molar-refractivity contribution >= 4 is 29.3 Å². The van der Waals surface area contributed by atoms with Crippen LogP contribution in [-0.2, 0) is 11.2 Å². The summed E-state index contributed by atoms with van der Waals surface area (Å²) in [7, 11) is 0. The van der Waals surface area contributed by atoms with Gasteiger partial charge in [0.15, 0.2) is 5.82 Å². The van der Waals surface area contributed by atoms with E-state index in [0.717, 1.165) is 12.0 Å². The molecule has 1 atom stereocenters. The molecule has 5 nitrogen and oxygen atoms in total. The monoisotopic (exact) mass is 386 g/mol. The fourth-order valence-corrected chi connectivity index (χ4v) is 3.24. The molecular formula is C19H19ClN4OS. The molecule has 7 heteroatoms. The summed E-state index contributed by atoms with van der Waals surface area (Å²) in [4.78, 5) is 16.7. The van der Waals surface area contributed by atoms with Gasteiger partial charge in [0.2, 0.25) is 11.1 Å². The van der Waals surface area contributed by atoms with Crippen molar-refractivity contribution in [3.8, 4) is 11.4 Å². The van der Waals surface area contributed by atoms with E-state index >= 15 is 0 Å². The number of carbonyl (C=O) groups excluding carboxylic acids is 1. The van der Waals surface area contributed by atoms with Crippen LogP contribution in [0.5, 0.6) is 0 Å². The Morgan fingerprint density at radius 2 is 1.92 bits per heavy atom. The van der Waals surface area contributed by atoms with Crippen LogP contribution in [0.2, 0.25) is 5.02 Å². The number of carbonyl (C=O) groups is 1. The summed E-state index contributed by atoms with van der Waals surface area (Å²) in [6, 6.07) is 17.4. The number of aromatic nitrogens is 3. The van der Waals surface area contributed by atoms with E-state index in [0.29, 0.717) is 22.5 Å². The highest BCUT2D eigenvalue weighted by molar-refractivity contribution is 8.00. The lowest BCUT2D eigenvalue weighted by molar-refractivity contribution is -0.120. The molecule has 0 fully saturated rings. The van der Waals surface area contributed by atoms with Crippen molar-refractivity contribution in [2.45, 2.75) is 23.8 Å². The van der Waals surface area contributed by atoms with E-state index in [-0.39, 0.29) is 11.2 Å². The quantitative estimate of drug-likeness (QED) is 0.603. The Hall–Kier alpha value is -2.31. The van der Waals surface area contributed by atoms with Crippen LogP contribution in [0.1, 0.15) is 12.5 Å². The molecule has 2 aromatic carbocycles. The third-order valence-electron chi connectivity index (χ3n) is 3.79. The largest absolute Gasteiger partial charge is 0.355 e. The van der Waals surface area contributed by atoms with E-state index < -0.39 is 0 Å². The molecule has 0 aliphatic rings. The lowest BCUT2D eigenvalue weighted by Crippen LogP contribution is -2.32. The summed E-state index contributed by atoms with van der Waals surface area (Å²) in [5.74, 6) is 0.629. The standard InChI is InChI=1S/C19H19ClN4OS/c1-13(18(25)21-12-11-14-5-3-2-4-6-14)26-19-22-17(23-24-19)15-7-9-16(20)10-8-15/h2-10,13H,11-12H2,1H3,(H,21,25)(H,22,23,24). The highest BCUT2D eigenvalue weighted by Gasteiger charge is 2.17. The maximum Gasteiger partial charge on any atom is 0.233 e. The average Bonchev–Trinajstić information content (AvgIpc) is 3.11. The Bertz CT molecular complexity index is 851. The molecule has 0 radical (unpaired) electrons. The molecule has 0 saturated heterocycles. The first kappa shape index (κ1) is 18.5. The maximum absolute atomic E-state index is 12.2. The van der Waals surface area contributed by atoms with Crippen molar-refractivity contribution in [2.75, 3.05) is 6.54 Å². The first-order valence-corrected chi connectivity index (χ1v) is 9.54. The zero-order chi connectivity index (χ0) is 18.4. The number of amides is 1. The Morgan fingerprint density at radius 1 is 1.19 bits per heavy atom. The van der Waals surface area contributed by atoms with Gasteiger partial charge >= 0.3 is 0 Å². The van der Waals surface area contributed by atoms with Crippen LogP contribution in [0, 0.1) is 0 Å². The highest BCUT2D eigenvalue weighted by Crippen LogP contribution is 2.23. The van der Waals surface area contributed by atoms with Gasteiger partial charge in [-0.15, -0.1) is 5.10 Å². The molecule has 3 rings (SSSR count). The van der Waals surface area contributed by atoms with Gasteiger partial charge < -0.3 is 5.32 Å². The molecule has 1 heterocycles. The molecule has 3 aromatic rings. The SMILES string of the molecule is CC(Sc1n[nH]c(-c2ccc(Cl)cc2)n1)C(=O)NCCc1ccccc1. The van der Waals surface area contributed by atoms with Crippen LogP contribution < -0.4 is 5.32 Å². The van der Waals surface area contributed by atoms with E-state index in [9.17, 15) is 4.79 Å².